The topological polar surface area (TPSA) is 83.5 Å². The van der Waals surface area contributed by atoms with Gasteiger partial charge in [-0.3, -0.25) is 4.79 Å². The Morgan fingerprint density at radius 1 is 1.47 bits per heavy atom. The summed E-state index contributed by atoms with van der Waals surface area (Å²) in [5.74, 6) is -4.89. The molecule has 0 saturated carbocycles. The Bertz CT molecular complexity index is 445. The van der Waals surface area contributed by atoms with E-state index in [1.54, 1.807) is 0 Å². The van der Waals surface area contributed by atoms with Crippen molar-refractivity contribution in [2.45, 2.75) is 12.5 Å². The molecule has 4 nitrogen and oxygen atoms in total. The summed E-state index contributed by atoms with van der Waals surface area (Å²) in [6.07, 6.45) is -0.364. The fourth-order valence-electron chi connectivity index (χ4n) is 1.11. The predicted octanol–water partition coefficient (Wildman–Crippen LogP) is 1.81. The summed E-state index contributed by atoms with van der Waals surface area (Å²) in [6.45, 7) is 0. The summed E-state index contributed by atoms with van der Waals surface area (Å²) in [6, 6.07) is -0.235. The van der Waals surface area contributed by atoms with Gasteiger partial charge in [0.25, 0.3) is 0 Å². The number of aromatic hydroxyl groups is 1. The van der Waals surface area contributed by atoms with Gasteiger partial charge in [-0.1, -0.05) is 0 Å². The molecule has 96 valence electrons. The lowest BCUT2D eigenvalue weighted by Crippen LogP contribution is -2.32. The third-order valence-corrected chi connectivity index (χ3v) is 2.57. The molecular formula is C9H9BrClF2NO3. The average molecular weight is 333 g/mol. The number of aliphatic carboxylic acids is 1. The van der Waals surface area contributed by atoms with Crippen molar-refractivity contribution in [1.82, 2.24) is 0 Å². The Balaban J connectivity index is 0.00000256. The molecule has 1 rings (SSSR count). The van der Waals surface area contributed by atoms with Gasteiger partial charge < -0.3 is 15.9 Å². The zero-order chi connectivity index (χ0) is 12.5. The molecule has 0 saturated heterocycles. The van der Waals surface area contributed by atoms with Gasteiger partial charge in [0.15, 0.2) is 11.6 Å². The van der Waals surface area contributed by atoms with Crippen LogP contribution in [0.25, 0.3) is 0 Å². The highest BCUT2D eigenvalue weighted by atomic mass is 79.9. The van der Waals surface area contributed by atoms with Gasteiger partial charge in [-0.15, -0.1) is 12.4 Å². The van der Waals surface area contributed by atoms with Gasteiger partial charge >= 0.3 is 5.97 Å². The Morgan fingerprint density at radius 2 is 2.00 bits per heavy atom. The van der Waals surface area contributed by atoms with Crippen LogP contribution in [0, 0.1) is 11.6 Å². The van der Waals surface area contributed by atoms with E-state index in [1.807, 2.05) is 0 Å². The molecule has 0 aliphatic heterocycles. The number of phenolic OH excluding ortho intramolecular Hbond substituents is 1. The summed E-state index contributed by atoms with van der Waals surface area (Å²) in [7, 11) is 0. The standard InChI is InChI=1S/C9H8BrF2NO3.ClH/c10-4-1-3(2-5(13)9(15)16)6(11)7(12)8(4)14;/h1,5,14H,2,13H2,(H,15,16);1H. The van der Waals surface area contributed by atoms with Gasteiger partial charge in [-0.05, 0) is 27.6 Å². The number of rotatable bonds is 3. The number of halogens is 4. The van der Waals surface area contributed by atoms with E-state index in [-0.39, 0.29) is 28.9 Å². The summed E-state index contributed by atoms with van der Waals surface area (Å²) in [4.78, 5) is 10.4. The van der Waals surface area contributed by atoms with Crippen molar-refractivity contribution >= 4 is 34.3 Å². The maximum Gasteiger partial charge on any atom is 0.320 e. The van der Waals surface area contributed by atoms with Crippen molar-refractivity contribution in [2.24, 2.45) is 5.73 Å². The second kappa shape index (κ2) is 6.13. The van der Waals surface area contributed by atoms with Gasteiger partial charge in [0, 0.05) is 6.42 Å². The fourth-order valence-corrected chi connectivity index (χ4v) is 1.56. The van der Waals surface area contributed by atoms with E-state index in [9.17, 15) is 13.6 Å². The second-order valence-electron chi connectivity index (χ2n) is 3.14. The maximum absolute atomic E-state index is 13.3. The zero-order valence-electron chi connectivity index (χ0n) is 8.28. The van der Waals surface area contributed by atoms with Crippen LogP contribution in [0.3, 0.4) is 0 Å². The van der Waals surface area contributed by atoms with Gasteiger partial charge in [-0.25, -0.2) is 4.39 Å². The summed E-state index contributed by atoms with van der Waals surface area (Å²) < 4.78 is 26.3. The van der Waals surface area contributed by atoms with Crippen LogP contribution >= 0.6 is 28.3 Å². The SMILES string of the molecule is Cl.NC(Cc1cc(Br)c(O)c(F)c1F)C(=O)O. The lowest BCUT2D eigenvalue weighted by atomic mass is 10.1. The number of carboxylic acids is 1. The Kier molecular flexibility index (Phi) is 5.80. The second-order valence-corrected chi connectivity index (χ2v) is 4.00. The van der Waals surface area contributed by atoms with Crippen LogP contribution in [-0.2, 0) is 11.2 Å². The largest absolute Gasteiger partial charge is 0.504 e. The molecular weight excluding hydrogens is 323 g/mol. The lowest BCUT2D eigenvalue weighted by molar-refractivity contribution is -0.138. The summed E-state index contributed by atoms with van der Waals surface area (Å²) in [5.41, 5.74) is 4.98. The van der Waals surface area contributed by atoms with Crippen LogP contribution in [0.1, 0.15) is 5.56 Å². The Hall–Kier alpha value is -0.920. The van der Waals surface area contributed by atoms with Crippen LogP contribution in [0.2, 0.25) is 0 Å². The maximum atomic E-state index is 13.3. The number of carbonyl (C=O) groups is 1. The number of hydrogen-bond donors (Lipinski definition) is 3. The van der Waals surface area contributed by atoms with E-state index >= 15 is 0 Å². The highest BCUT2D eigenvalue weighted by Crippen LogP contribution is 2.31. The first-order chi connectivity index (χ1) is 7.34. The van der Waals surface area contributed by atoms with Crippen LogP contribution in [0.15, 0.2) is 10.5 Å². The van der Waals surface area contributed by atoms with Crippen LogP contribution in [0.5, 0.6) is 5.75 Å². The van der Waals surface area contributed by atoms with Crippen molar-refractivity contribution < 1.29 is 23.8 Å². The molecule has 1 unspecified atom stereocenters. The van der Waals surface area contributed by atoms with Crippen molar-refractivity contribution in [3.8, 4) is 5.75 Å². The molecule has 1 atom stereocenters. The average Bonchev–Trinajstić information content (AvgIpc) is 2.22. The molecule has 1 aromatic rings. The van der Waals surface area contributed by atoms with Crippen LogP contribution < -0.4 is 5.73 Å². The third kappa shape index (κ3) is 3.52. The number of hydrogen-bond acceptors (Lipinski definition) is 3. The smallest absolute Gasteiger partial charge is 0.320 e. The molecule has 0 amide bonds. The van der Waals surface area contributed by atoms with Crippen molar-refractivity contribution in [1.29, 1.82) is 0 Å². The van der Waals surface area contributed by atoms with Crippen molar-refractivity contribution in [2.75, 3.05) is 0 Å². The molecule has 0 aromatic heterocycles. The first-order valence-electron chi connectivity index (χ1n) is 4.18. The minimum Gasteiger partial charge on any atom is -0.504 e. The van der Waals surface area contributed by atoms with E-state index < -0.39 is 29.4 Å². The van der Waals surface area contributed by atoms with Crippen molar-refractivity contribution in [3.05, 3.63) is 27.7 Å². The number of phenols is 1. The normalized spacial score (nSPS) is 11.8. The predicted molar refractivity (Wildman–Crippen MR) is 62.3 cm³/mol. The fraction of sp³-hybridized carbons (Fsp3) is 0.222. The number of carboxylic acid groups (broad SMARTS) is 1. The molecule has 0 spiro atoms. The molecule has 0 aliphatic carbocycles. The molecule has 0 bridgehead atoms. The molecule has 4 N–H and O–H groups in total. The van der Waals surface area contributed by atoms with E-state index in [0.717, 1.165) is 6.07 Å². The van der Waals surface area contributed by atoms with Crippen molar-refractivity contribution in [3.63, 3.8) is 0 Å². The molecule has 8 heteroatoms. The van der Waals surface area contributed by atoms with E-state index in [0.29, 0.717) is 0 Å². The molecule has 17 heavy (non-hydrogen) atoms. The van der Waals surface area contributed by atoms with E-state index in [2.05, 4.69) is 15.9 Å². The molecule has 0 fully saturated rings. The van der Waals surface area contributed by atoms with Gasteiger partial charge in [0.2, 0.25) is 5.82 Å². The third-order valence-electron chi connectivity index (χ3n) is 1.97. The summed E-state index contributed by atoms with van der Waals surface area (Å²) >= 11 is 2.81. The minimum absolute atomic E-state index is 0. The highest BCUT2D eigenvalue weighted by molar-refractivity contribution is 9.10. The lowest BCUT2D eigenvalue weighted by Gasteiger charge is -2.09. The zero-order valence-corrected chi connectivity index (χ0v) is 10.7. The first-order valence-corrected chi connectivity index (χ1v) is 4.97. The van der Waals surface area contributed by atoms with E-state index in [1.165, 1.54) is 0 Å². The van der Waals surface area contributed by atoms with Crippen LogP contribution in [-0.4, -0.2) is 22.2 Å². The van der Waals surface area contributed by atoms with Gasteiger partial charge in [-0.2, -0.15) is 4.39 Å². The summed E-state index contributed by atoms with van der Waals surface area (Å²) in [5, 5.41) is 17.6. The Morgan fingerprint density at radius 3 is 2.47 bits per heavy atom. The highest BCUT2D eigenvalue weighted by Gasteiger charge is 2.20. The van der Waals surface area contributed by atoms with Gasteiger partial charge in [0.05, 0.1) is 4.47 Å². The molecule has 0 radical (unpaired) electrons. The monoisotopic (exact) mass is 331 g/mol. The molecule has 1 aromatic carbocycles. The van der Waals surface area contributed by atoms with Gasteiger partial charge in [0.1, 0.15) is 6.04 Å². The number of benzene rings is 1. The Labute approximate surface area is 110 Å². The van der Waals surface area contributed by atoms with E-state index in [4.69, 9.17) is 15.9 Å². The quantitative estimate of drug-likeness (QED) is 0.737. The number of nitrogens with two attached hydrogens (primary N) is 1. The van der Waals surface area contributed by atoms with Crippen LogP contribution in [0.4, 0.5) is 8.78 Å². The first kappa shape index (κ1) is 16.1. The molecule has 0 heterocycles. The minimum atomic E-state index is -1.43. The molecule has 0 aliphatic rings.